The van der Waals surface area contributed by atoms with Crippen molar-refractivity contribution in [3.05, 3.63) is 30.1 Å². The second-order valence-corrected chi connectivity index (χ2v) is 5.89. The van der Waals surface area contributed by atoms with Crippen molar-refractivity contribution in [3.63, 3.8) is 0 Å². The number of nitrogens with one attached hydrogen (secondary N) is 1. The van der Waals surface area contributed by atoms with Gasteiger partial charge in [0, 0.05) is 18.8 Å². The van der Waals surface area contributed by atoms with Gasteiger partial charge in [0.1, 0.15) is 17.5 Å². The Bertz CT molecular complexity index is 614. The minimum absolute atomic E-state index is 0.0571. The van der Waals surface area contributed by atoms with E-state index < -0.39 is 17.6 Å². The summed E-state index contributed by atoms with van der Waals surface area (Å²) in [6.07, 6.45) is 0.303. The average molecular weight is 349 g/mol. The Hall–Kier alpha value is -2.08. The molecule has 1 unspecified atom stereocenters. The average Bonchev–Trinajstić information content (AvgIpc) is 2.59. The zero-order valence-corrected chi connectivity index (χ0v) is 15.5. The molecule has 1 aromatic carbocycles. The van der Waals surface area contributed by atoms with Gasteiger partial charge in [-0.1, -0.05) is 32.9 Å². The molecular weight excluding hydrogens is 321 g/mol. The smallest absolute Gasteiger partial charge is 0.243 e. The van der Waals surface area contributed by atoms with E-state index in [0.29, 0.717) is 13.0 Å². The first kappa shape index (κ1) is 21.0. The normalized spacial score (nSPS) is 12.1. The van der Waals surface area contributed by atoms with Crippen LogP contribution in [-0.4, -0.2) is 48.5 Å². The SMILES string of the molecule is CCC(=N)C(C(C)=O)C(=O)N(CCN(CC)CC)c1ccccc1F. The van der Waals surface area contributed by atoms with Crippen LogP contribution in [0.1, 0.15) is 34.1 Å². The highest BCUT2D eigenvalue weighted by Gasteiger charge is 2.32. The van der Waals surface area contributed by atoms with Crippen LogP contribution in [0.2, 0.25) is 0 Å². The lowest BCUT2D eigenvalue weighted by Gasteiger charge is -2.29. The number of likely N-dealkylation sites (N-methyl/N-ethyl adjacent to an activating group) is 1. The van der Waals surface area contributed by atoms with Gasteiger partial charge in [0.15, 0.2) is 0 Å². The number of ketones is 1. The number of Topliss-reactive ketones (excluding diaryl/α,β-unsaturated/α-hetero) is 1. The summed E-state index contributed by atoms with van der Waals surface area (Å²) in [4.78, 5) is 28.4. The summed E-state index contributed by atoms with van der Waals surface area (Å²) >= 11 is 0. The topological polar surface area (TPSA) is 64.5 Å². The summed E-state index contributed by atoms with van der Waals surface area (Å²) in [6, 6.07) is 6.04. The molecule has 0 aromatic heterocycles. The van der Waals surface area contributed by atoms with E-state index in [9.17, 15) is 14.0 Å². The Morgan fingerprint density at radius 1 is 1.12 bits per heavy atom. The first-order valence-corrected chi connectivity index (χ1v) is 8.73. The van der Waals surface area contributed by atoms with Gasteiger partial charge in [-0.3, -0.25) is 9.59 Å². The number of halogens is 1. The van der Waals surface area contributed by atoms with Crippen molar-refractivity contribution in [2.75, 3.05) is 31.1 Å². The molecule has 1 aromatic rings. The van der Waals surface area contributed by atoms with Crippen LogP contribution >= 0.6 is 0 Å². The second-order valence-electron chi connectivity index (χ2n) is 5.89. The van der Waals surface area contributed by atoms with Crippen molar-refractivity contribution in [2.24, 2.45) is 5.92 Å². The summed E-state index contributed by atoms with van der Waals surface area (Å²) in [6.45, 7) is 9.53. The van der Waals surface area contributed by atoms with Crippen molar-refractivity contribution in [1.82, 2.24) is 4.90 Å². The van der Waals surface area contributed by atoms with Crippen LogP contribution in [0.4, 0.5) is 10.1 Å². The molecule has 0 saturated heterocycles. The Kier molecular flexibility index (Phi) is 8.41. The highest BCUT2D eigenvalue weighted by atomic mass is 19.1. The Morgan fingerprint density at radius 3 is 2.20 bits per heavy atom. The third-order valence-electron chi connectivity index (χ3n) is 4.33. The molecule has 0 radical (unpaired) electrons. The number of para-hydroxylation sites is 1. The fourth-order valence-electron chi connectivity index (χ4n) is 2.73. The lowest BCUT2D eigenvalue weighted by molar-refractivity contribution is -0.128. The second kappa shape index (κ2) is 10.0. The number of nitrogens with zero attached hydrogens (tertiary/aromatic N) is 2. The van der Waals surface area contributed by atoms with Gasteiger partial charge in [0.25, 0.3) is 0 Å². The van der Waals surface area contributed by atoms with Gasteiger partial charge >= 0.3 is 0 Å². The molecule has 0 bridgehead atoms. The molecule has 0 aliphatic heterocycles. The maximum Gasteiger partial charge on any atom is 0.243 e. The Labute approximate surface area is 149 Å². The van der Waals surface area contributed by atoms with Crippen LogP contribution in [0.25, 0.3) is 0 Å². The molecule has 138 valence electrons. The number of amides is 1. The lowest BCUT2D eigenvalue weighted by Crippen LogP contribution is -2.46. The molecule has 5 nitrogen and oxygen atoms in total. The molecule has 0 fully saturated rings. The predicted molar refractivity (Wildman–Crippen MR) is 98.7 cm³/mol. The van der Waals surface area contributed by atoms with Crippen molar-refractivity contribution in [2.45, 2.75) is 34.1 Å². The van der Waals surface area contributed by atoms with Gasteiger partial charge < -0.3 is 15.2 Å². The van der Waals surface area contributed by atoms with Crippen LogP contribution in [0.15, 0.2) is 24.3 Å². The maximum atomic E-state index is 14.3. The Balaban J connectivity index is 3.20. The zero-order chi connectivity index (χ0) is 19.0. The monoisotopic (exact) mass is 349 g/mol. The molecule has 0 heterocycles. The fourth-order valence-corrected chi connectivity index (χ4v) is 2.73. The van der Waals surface area contributed by atoms with Crippen LogP contribution in [0.5, 0.6) is 0 Å². The standard InChI is InChI=1S/C19H28FN3O2/c1-5-16(21)18(14(4)24)19(25)23(13-12-22(6-2)7-3)17-11-9-8-10-15(17)20/h8-11,18,21H,5-7,12-13H2,1-4H3. The zero-order valence-electron chi connectivity index (χ0n) is 15.5. The van der Waals surface area contributed by atoms with E-state index in [1.807, 2.05) is 13.8 Å². The van der Waals surface area contributed by atoms with Crippen LogP contribution < -0.4 is 4.90 Å². The molecule has 1 N–H and O–H groups in total. The highest BCUT2D eigenvalue weighted by Crippen LogP contribution is 2.22. The largest absolute Gasteiger partial charge is 0.308 e. The summed E-state index contributed by atoms with van der Waals surface area (Å²) < 4.78 is 14.3. The molecule has 6 heteroatoms. The first-order valence-electron chi connectivity index (χ1n) is 8.73. The van der Waals surface area contributed by atoms with Crippen LogP contribution in [0.3, 0.4) is 0 Å². The maximum absolute atomic E-state index is 14.3. The van der Waals surface area contributed by atoms with Gasteiger partial charge in [-0.25, -0.2) is 4.39 Å². The minimum atomic E-state index is -1.15. The fraction of sp³-hybridized carbons (Fsp3) is 0.526. The third-order valence-corrected chi connectivity index (χ3v) is 4.33. The van der Waals surface area contributed by atoms with E-state index in [4.69, 9.17) is 5.41 Å². The van der Waals surface area contributed by atoms with Crippen LogP contribution in [0, 0.1) is 17.1 Å². The van der Waals surface area contributed by atoms with Gasteiger partial charge in [-0.2, -0.15) is 0 Å². The molecule has 1 atom stereocenters. The van der Waals surface area contributed by atoms with E-state index in [1.165, 1.54) is 24.0 Å². The number of hydrogen-bond acceptors (Lipinski definition) is 4. The predicted octanol–water partition coefficient (Wildman–Crippen LogP) is 3.14. The summed E-state index contributed by atoms with van der Waals surface area (Å²) in [5.41, 5.74) is 0.205. The highest BCUT2D eigenvalue weighted by molar-refractivity contribution is 6.22. The van der Waals surface area contributed by atoms with E-state index in [-0.39, 0.29) is 23.7 Å². The van der Waals surface area contributed by atoms with E-state index in [1.54, 1.807) is 19.1 Å². The quantitative estimate of drug-likeness (QED) is 0.521. The molecule has 1 amide bonds. The first-order chi connectivity index (χ1) is 11.9. The third kappa shape index (κ3) is 5.46. The molecule has 0 saturated carbocycles. The van der Waals surface area contributed by atoms with Gasteiger partial charge in [-0.05, 0) is 38.6 Å². The number of carbonyl (C=O) groups excluding carboxylic acids is 2. The molecule has 0 aliphatic carbocycles. The van der Waals surface area contributed by atoms with Gasteiger partial charge in [0.05, 0.1) is 5.69 Å². The number of anilines is 1. The van der Waals surface area contributed by atoms with Crippen molar-refractivity contribution in [1.29, 1.82) is 5.41 Å². The van der Waals surface area contributed by atoms with Crippen molar-refractivity contribution < 1.29 is 14.0 Å². The minimum Gasteiger partial charge on any atom is -0.308 e. The molecular formula is C19H28FN3O2. The number of rotatable bonds is 10. The Morgan fingerprint density at radius 2 is 1.72 bits per heavy atom. The summed E-state index contributed by atoms with van der Waals surface area (Å²) in [7, 11) is 0. The van der Waals surface area contributed by atoms with E-state index in [0.717, 1.165) is 13.1 Å². The lowest BCUT2D eigenvalue weighted by atomic mass is 9.95. The summed E-state index contributed by atoms with van der Waals surface area (Å²) in [5.74, 6) is -2.58. The van der Waals surface area contributed by atoms with Crippen molar-refractivity contribution >= 4 is 23.1 Å². The molecule has 25 heavy (non-hydrogen) atoms. The molecule has 0 aliphatic rings. The number of carbonyl (C=O) groups is 2. The van der Waals surface area contributed by atoms with Crippen molar-refractivity contribution in [3.8, 4) is 0 Å². The van der Waals surface area contributed by atoms with Gasteiger partial charge in [0.2, 0.25) is 5.91 Å². The molecule has 1 rings (SSSR count). The molecule has 0 spiro atoms. The summed E-state index contributed by atoms with van der Waals surface area (Å²) in [5, 5.41) is 7.98. The number of hydrogen-bond donors (Lipinski definition) is 1. The van der Waals surface area contributed by atoms with Crippen LogP contribution in [-0.2, 0) is 9.59 Å². The van der Waals surface area contributed by atoms with Gasteiger partial charge in [-0.15, -0.1) is 0 Å². The van der Waals surface area contributed by atoms with E-state index >= 15 is 0 Å². The number of benzene rings is 1. The van der Waals surface area contributed by atoms with E-state index in [2.05, 4.69) is 4.90 Å².